The predicted octanol–water partition coefficient (Wildman–Crippen LogP) is 3.54. The Labute approximate surface area is 200 Å². The number of benzene rings is 2. The van der Waals surface area contributed by atoms with Crippen LogP contribution in [0.4, 0.5) is 6.01 Å². The Balaban J connectivity index is 1.19. The van der Waals surface area contributed by atoms with Crippen LogP contribution in [0.1, 0.15) is 37.7 Å². The van der Waals surface area contributed by atoms with Crippen LogP contribution in [0.3, 0.4) is 0 Å². The molecule has 9 heteroatoms. The Morgan fingerprint density at radius 1 is 0.971 bits per heavy atom. The summed E-state index contributed by atoms with van der Waals surface area (Å²) in [6.45, 7) is 2.69. The van der Waals surface area contributed by atoms with Crippen molar-refractivity contribution in [3.8, 4) is 0 Å². The average molecular weight is 483 g/mol. The SMILES string of the molecule is O=C(NCc1ccccc1S(=O)(=O)N1CCCCC1)C1CCN(c2nc3ccccc3o2)CC1. The van der Waals surface area contributed by atoms with Crippen LogP contribution in [0.15, 0.2) is 57.8 Å². The second-order valence-electron chi connectivity index (χ2n) is 9.02. The topological polar surface area (TPSA) is 95.8 Å². The van der Waals surface area contributed by atoms with E-state index < -0.39 is 10.0 Å². The van der Waals surface area contributed by atoms with Crippen LogP contribution >= 0.6 is 0 Å². The van der Waals surface area contributed by atoms with Crippen molar-refractivity contribution in [2.24, 2.45) is 5.92 Å². The number of sulfonamides is 1. The van der Waals surface area contributed by atoms with Gasteiger partial charge in [0.1, 0.15) is 5.52 Å². The number of nitrogens with zero attached hydrogens (tertiary/aromatic N) is 3. The van der Waals surface area contributed by atoms with E-state index in [4.69, 9.17) is 4.42 Å². The normalized spacial score (nSPS) is 18.3. The molecule has 0 unspecified atom stereocenters. The highest BCUT2D eigenvalue weighted by molar-refractivity contribution is 7.89. The maximum Gasteiger partial charge on any atom is 0.298 e. The summed E-state index contributed by atoms with van der Waals surface area (Å²) in [6.07, 6.45) is 4.23. The number of para-hydroxylation sites is 2. The molecule has 1 amide bonds. The minimum Gasteiger partial charge on any atom is -0.423 e. The number of hydrogen-bond donors (Lipinski definition) is 1. The molecule has 180 valence electrons. The van der Waals surface area contributed by atoms with E-state index in [2.05, 4.69) is 15.2 Å². The van der Waals surface area contributed by atoms with E-state index in [1.54, 1.807) is 22.5 Å². The number of carbonyl (C=O) groups is 1. The number of aromatic nitrogens is 1. The average Bonchev–Trinajstić information content (AvgIpc) is 3.32. The first-order valence-corrected chi connectivity index (χ1v) is 13.4. The molecule has 2 aromatic carbocycles. The molecule has 8 nitrogen and oxygen atoms in total. The third-order valence-electron chi connectivity index (χ3n) is 6.78. The van der Waals surface area contributed by atoms with Crippen molar-refractivity contribution in [2.45, 2.75) is 43.5 Å². The number of nitrogens with one attached hydrogen (secondary N) is 1. The van der Waals surface area contributed by atoms with Crippen molar-refractivity contribution in [1.29, 1.82) is 0 Å². The predicted molar refractivity (Wildman–Crippen MR) is 130 cm³/mol. The van der Waals surface area contributed by atoms with E-state index in [0.29, 0.717) is 55.5 Å². The maximum absolute atomic E-state index is 13.2. The molecule has 0 spiro atoms. The summed E-state index contributed by atoms with van der Waals surface area (Å²) < 4.78 is 33.8. The molecule has 5 rings (SSSR count). The second kappa shape index (κ2) is 9.76. The first kappa shape index (κ1) is 22.9. The van der Waals surface area contributed by atoms with Gasteiger partial charge < -0.3 is 14.6 Å². The number of anilines is 1. The van der Waals surface area contributed by atoms with Gasteiger partial charge in [0.05, 0.1) is 4.90 Å². The first-order chi connectivity index (χ1) is 16.5. The first-order valence-electron chi connectivity index (χ1n) is 12.0. The summed E-state index contributed by atoms with van der Waals surface area (Å²) in [5, 5.41) is 2.98. The Morgan fingerprint density at radius 2 is 1.68 bits per heavy atom. The Kier molecular flexibility index (Phi) is 6.56. The van der Waals surface area contributed by atoms with Crippen molar-refractivity contribution >= 4 is 33.0 Å². The smallest absolute Gasteiger partial charge is 0.298 e. The third-order valence-corrected chi connectivity index (χ3v) is 8.78. The summed E-state index contributed by atoms with van der Waals surface area (Å²) in [5.74, 6) is -0.158. The van der Waals surface area contributed by atoms with Gasteiger partial charge in [0, 0.05) is 38.6 Å². The van der Waals surface area contributed by atoms with Crippen LogP contribution in [0.25, 0.3) is 11.1 Å². The lowest BCUT2D eigenvalue weighted by molar-refractivity contribution is -0.125. The molecule has 34 heavy (non-hydrogen) atoms. The van der Waals surface area contributed by atoms with Crippen LogP contribution in [-0.4, -0.2) is 49.8 Å². The molecule has 2 saturated heterocycles. The number of fused-ring (bicyclic) bond motifs is 1. The maximum atomic E-state index is 13.2. The highest BCUT2D eigenvalue weighted by Crippen LogP contribution is 2.27. The van der Waals surface area contributed by atoms with Crippen LogP contribution in [0.5, 0.6) is 0 Å². The number of oxazole rings is 1. The lowest BCUT2D eigenvalue weighted by Gasteiger charge is -2.30. The molecule has 0 saturated carbocycles. The molecule has 1 N–H and O–H groups in total. The van der Waals surface area contributed by atoms with Crippen molar-refractivity contribution in [3.05, 3.63) is 54.1 Å². The van der Waals surface area contributed by atoms with Gasteiger partial charge in [-0.1, -0.05) is 36.8 Å². The van der Waals surface area contributed by atoms with Crippen molar-refractivity contribution in [3.63, 3.8) is 0 Å². The van der Waals surface area contributed by atoms with Gasteiger partial charge in [-0.15, -0.1) is 0 Å². The number of rotatable bonds is 6. The zero-order chi connectivity index (χ0) is 23.5. The van der Waals surface area contributed by atoms with Crippen LogP contribution in [0.2, 0.25) is 0 Å². The van der Waals surface area contributed by atoms with E-state index in [0.717, 1.165) is 30.4 Å². The van der Waals surface area contributed by atoms with Crippen molar-refractivity contribution < 1.29 is 17.6 Å². The summed E-state index contributed by atoms with van der Waals surface area (Å²) >= 11 is 0. The largest absolute Gasteiger partial charge is 0.423 e. The van der Waals surface area contributed by atoms with Gasteiger partial charge in [0.15, 0.2) is 5.58 Å². The van der Waals surface area contributed by atoms with E-state index >= 15 is 0 Å². The fraction of sp³-hybridized carbons (Fsp3) is 0.440. The molecule has 0 radical (unpaired) electrons. The quantitative estimate of drug-likeness (QED) is 0.577. The fourth-order valence-electron chi connectivity index (χ4n) is 4.80. The van der Waals surface area contributed by atoms with E-state index in [1.807, 2.05) is 30.3 Å². The summed E-state index contributed by atoms with van der Waals surface area (Å²) in [4.78, 5) is 19.8. The van der Waals surface area contributed by atoms with Crippen molar-refractivity contribution in [1.82, 2.24) is 14.6 Å². The standard InChI is InChI=1S/C25H30N4O4S/c30-24(19-12-16-28(17-13-19)25-27-21-9-3-4-10-22(21)33-25)26-18-20-8-2-5-11-23(20)34(31,32)29-14-6-1-7-15-29/h2-5,8-11,19H,1,6-7,12-18H2,(H,26,30). The molecule has 3 aromatic rings. The van der Waals surface area contributed by atoms with E-state index in [-0.39, 0.29) is 18.4 Å². The van der Waals surface area contributed by atoms with E-state index in [9.17, 15) is 13.2 Å². The van der Waals surface area contributed by atoms with Crippen LogP contribution < -0.4 is 10.2 Å². The summed E-state index contributed by atoms with van der Waals surface area (Å²) in [5.41, 5.74) is 2.22. The fourth-order valence-corrected chi connectivity index (χ4v) is 6.54. The molecule has 2 aliphatic heterocycles. The molecule has 0 aliphatic carbocycles. The van der Waals surface area contributed by atoms with Gasteiger partial charge in [-0.05, 0) is 49.4 Å². The molecule has 0 bridgehead atoms. The lowest BCUT2D eigenvalue weighted by atomic mass is 9.96. The van der Waals surface area contributed by atoms with Gasteiger partial charge in [0.25, 0.3) is 6.01 Å². The minimum atomic E-state index is -3.56. The molecule has 1 aromatic heterocycles. The van der Waals surface area contributed by atoms with Crippen molar-refractivity contribution in [2.75, 3.05) is 31.1 Å². The number of piperidine rings is 2. The van der Waals surface area contributed by atoms with Gasteiger partial charge >= 0.3 is 0 Å². The van der Waals surface area contributed by atoms with Gasteiger partial charge in [-0.2, -0.15) is 9.29 Å². The van der Waals surface area contributed by atoms with Gasteiger partial charge in [-0.25, -0.2) is 8.42 Å². The highest BCUT2D eigenvalue weighted by atomic mass is 32.2. The van der Waals surface area contributed by atoms with Gasteiger partial charge in [0.2, 0.25) is 15.9 Å². The minimum absolute atomic E-state index is 0.0395. The summed E-state index contributed by atoms with van der Waals surface area (Å²) in [7, 11) is -3.56. The molecule has 2 aliphatic rings. The lowest BCUT2D eigenvalue weighted by Crippen LogP contribution is -2.41. The molecular formula is C25H30N4O4S. The van der Waals surface area contributed by atoms with E-state index in [1.165, 1.54) is 0 Å². The van der Waals surface area contributed by atoms with Crippen LogP contribution in [0, 0.1) is 5.92 Å². The Morgan fingerprint density at radius 3 is 2.44 bits per heavy atom. The number of amides is 1. The Bertz CT molecular complexity index is 1230. The third kappa shape index (κ3) is 4.67. The monoisotopic (exact) mass is 482 g/mol. The zero-order valence-electron chi connectivity index (χ0n) is 19.2. The molecule has 2 fully saturated rings. The van der Waals surface area contributed by atoms with Gasteiger partial charge in [-0.3, -0.25) is 4.79 Å². The number of hydrogen-bond acceptors (Lipinski definition) is 6. The highest BCUT2D eigenvalue weighted by Gasteiger charge is 2.30. The van der Waals surface area contributed by atoms with Crippen LogP contribution in [-0.2, 0) is 21.4 Å². The number of carbonyl (C=O) groups excluding carboxylic acids is 1. The zero-order valence-corrected chi connectivity index (χ0v) is 20.0. The molecule has 3 heterocycles. The summed E-state index contributed by atoms with van der Waals surface area (Å²) in [6, 6.07) is 15.2. The molecule has 0 atom stereocenters. The Hall–Kier alpha value is -2.91. The molecular weight excluding hydrogens is 452 g/mol. The second-order valence-corrected chi connectivity index (χ2v) is 10.9.